The Morgan fingerprint density at radius 2 is 1.10 bits per heavy atom. The fourth-order valence-corrected chi connectivity index (χ4v) is 4.49. The number of nitrogens with zero attached hydrogens (tertiary/aromatic N) is 1. The highest BCUT2D eigenvalue weighted by Crippen LogP contribution is 2.34. The van der Waals surface area contributed by atoms with Crippen LogP contribution in [0.15, 0.2) is 84.9 Å². The summed E-state index contributed by atoms with van der Waals surface area (Å²) in [4.78, 5) is 29.4. The second-order valence-corrected chi connectivity index (χ2v) is 12.0. The second kappa shape index (κ2) is 13.6. The Balaban J connectivity index is 2.09. The van der Waals surface area contributed by atoms with Gasteiger partial charge >= 0.3 is 11.9 Å². The zero-order valence-electron chi connectivity index (χ0n) is 24.8. The first-order chi connectivity index (χ1) is 18.8. The van der Waals surface area contributed by atoms with Crippen LogP contribution < -0.4 is 4.74 Å². The maximum absolute atomic E-state index is 13.5. The van der Waals surface area contributed by atoms with Crippen molar-refractivity contribution in [2.24, 2.45) is 5.92 Å². The molecule has 0 saturated heterocycles. The molecule has 0 aliphatic carbocycles. The number of carbonyl (C=O) groups is 2. The van der Waals surface area contributed by atoms with Gasteiger partial charge < -0.3 is 14.2 Å². The van der Waals surface area contributed by atoms with Crippen LogP contribution in [-0.4, -0.2) is 35.2 Å². The van der Waals surface area contributed by atoms with Crippen molar-refractivity contribution in [3.8, 4) is 5.75 Å². The Morgan fingerprint density at radius 3 is 1.48 bits per heavy atom. The molecule has 3 aromatic rings. The molecule has 0 aliphatic heterocycles. The molecule has 3 rings (SSSR count). The van der Waals surface area contributed by atoms with Gasteiger partial charge in [-0.25, -0.2) is 0 Å². The minimum absolute atomic E-state index is 0.190. The summed E-state index contributed by atoms with van der Waals surface area (Å²) in [6.45, 7) is 12.0. The Kier molecular flexibility index (Phi) is 10.5. The molecule has 3 aromatic carbocycles. The predicted molar refractivity (Wildman–Crippen MR) is 158 cm³/mol. The maximum atomic E-state index is 13.5. The summed E-state index contributed by atoms with van der Waals surface area (Å²) in [6.07, 6.45) is 0.190. The van der Waals surface area contributed by atoms with E-state index in [-0.39, 0.29) is 12.5 Å². The number of hydrogen-bond acceptors (Lipinski definition) is 6. The molecule has 0 bridgehead atoms. The topological polar surface area (TPSA) is 65.1 Å². The highest BCUT2D eigenvalue weighted by atomic mass is 16.6. The van der Waals surface area contributed by atoms with Crippen molar-refractivity contribution in [1.29, 1.82) is 0 Å². The van der Waals surface area contributed by atoms with E-state index in [9.17, 15) is 9.59 Å². The van der Waals surface area contributed by atoms with Crippen molar-refractivity contribution in [3.63, 3.8) is 0 Å². The van der Waals surface area contributed by atoms with Crippen molar-refractivity contribution >= 4 is 11.9 Å². The van der Waals surface area contributed by atoms with E-state index >= 15 is 0 Å². The van der Waals surface area contributed by atoms with E-state index in [4.69, 9.17) is 14.2 Å². The first-order valence-electron chi connectivity index (χ1n) is 13.8. The van der Waals surface area contributed by atoms with Gasteiger partial charge in [0.25, 0.3) is 0 Å². The average Bonchev–Trinajstić information content (AvgIpc) is 2.88. The molecule has 0 amide bonds. The second-order valence-electron chi connectivity index (χ2n) is 12.0. The highest BCUT2D eigenvalue weighted by molar-refractivity contribution is 5.95. The van der Waals surface area contributed by atoms with Gasteiger partial charge in [-0.05, 0) is 76.8 Å². The van der Waals surface area contributed by atoms with Crippen molar-refractivity contribution in [2.45, 2.75) is 78.3 Å². The van der Waals surface area contributed by atoms with Crippen LogP contribution in [0.25, 0.3) is 0 Å². The number of benzene rings is 3. The lowest BCUT2D eigenvalue weighted by molar-refractivity contribution is -0.175. The third-order valence-electron chi connectivity index (χ3n) is 6.24. The molecule has 0 unspecified atom stereocenters. The Morgan fingerprint density at radius 1 is 0.675 bits per heavy atom. The van der Waals surface area contributed by atoms with E-state index in [1.165, 1.54) is 0 Å². The third-order valence-corrected chi connectivity index (χ3v) is 6.24. The molecule has 0 heterocycles. The molecule has 1 atom stereocenters. The van der Waals surface area contributed by atoms with Gasteiger partial charge in [-0.15, -0.1) is 0 Å². The largest absolute Gasteiger partial charge is 0.497 e. The van der Waals surface area contributed by atoms with Crippen LogP contribution >= 0.6 is 0 Å². The molecule has 0 N–H and O–H groups in total. The molecule has 0 spiro atoms. The zero-order valence-corrected chi connectivity index (χ0v) is 24.8. The van der Waals surface area contributed by atoms with Gasteiger partial charge in [0.1, 0.15) is 17.0 Å². The van der Waals surface area contributed by atoms with Gasteiger partial charge in [0, 0.05) is 19.1 Å². The number of rotatable bonds is 11. The maximum Gasteiger partial charge on any atom is 0.320 e. The van der Waals surface area contributed by atoms with Crippen LogP contribution in [0.1, 0.15) is 70.7 Å². The molecular formula is C34H43NO5. The first-order valence-corrected chi connectivity index (χ1v) is 13.8. The van der Waals surface area contributed by atoms with Crippen LogP contribution in [-0.2, 0) is 32.2 Å². The quantitative estimate of drug-likeness (QED) is 0.189. The molecule has 6 nitrogen and oxygen atoms in total. The molecule has 0 saturated carbocycles. The monoisotopic (exact) mass is 545 g/mol. The smallest absolute Gasteiger partial charge is 0.320 e. The summed E-state index contributed by atoms with van der Waals surface area (Å²) < 4.78 is 16.9. The Labute approximate surface area is 239 Å². The normalized spacial score (nSPS) is 12.7. The minimum Gasteiger partial charge on any atom is -0.497 e. The summed E-state index contributed by atoms with van der Waals surface area (Å²) in [5.74, 6) is -1.55. The number of carbonyl (C=O) groups excluding carboxylic acids is 2. The highest BCUT2D eigenvalue weighted by Gasteiger charge is 2.38. The lowest BCUT2D eigenvalue weighted by Crippen LogP contribution is -2.40. The van der Waals surface area contributed by atoms with E-state index in [0.717, 1.165) is 22.4 Å². The van der Waals surface area contributed by atoms with Crippen LogP contribution in [0, 0.1) is 5.92 Å². The van der Waals surface area contributed by atoms with Gasteiger partial charge in [0.2, 0.25) is 0 Å². The van der Waals surface area contributed by atoms with Crippen molar-refractivity contribution in [1.82, 2.24) is 4.90 Å². The number of esters is 2. The summed E-state index contributed by atoms with van der Waals surface area (Å²) >= 11 is 0. The molecule has 0 radical (unpaired) electrons. The predicted octanol–water partition coefficient (Wildman–Crippen LogP) is 7.13. The van der Waals surface area contributed by atoms with E-state index in [1.54, 1.807) is 48.7 Å². The van der Waals surface area contributed by atoms with E-state index in [0.29, 0.717) is 13.1 Å². The number of methoxy groups -OCH3 is 1. The van der Waals surface area contributed by atoms with E-state index < -0.39 is 29.1 Å². The third kappa shape index (κ3) is 9.83. The van der Waals surface area contributed by atoms with Gasteiger partial charge in [-0.1, -0.05) is 72.8 Å². The fourth-order valence-electron chi connectivity index (χ4n) is 4.49. The van der Waals surface area contributed by atoms with Gasteiger partial charge in [0.05, 0.1) is 7.11 Å². The SMILES string of the molecule is COc1ccc([C@@H](CC(C(=O)OC(C)(C)C)C(=O)OC(C)(C)C)N(Cc2ccccc2)Cc2ccccc2)cc1. The summed E-state index contributed by atoms with van der Waals surface area (Å²) in [5, 5.41) is 0. The lowest BCUT2D eigenvalue weighted by Gasteiger charge is -2.35. The summed E-state index contributed by atoms with van der Waals surface area (Å²) in [5.41, 5.74) is 1.72. The van der Waals surface area contributed by atoms with Crippen LogP contribution in [0.4, 0.5) is 0 Å². The molecule has 0 fully saturated rings. The zero-order chi connectivity index (χ0) is 29.3. The number of hydrogen-bond donors (Lipinski definition) is 0. The molecule has 0 aliphatic rings. The summed E-state index contributed by atoms with van der Waals surface area (Å²) in [6, 6.07) is 27.9. The van der Waals surface area contributed by atoms with Gasteiger partial charge in [-0.2, -0.15) is 0 Å². The van der Waals surface area contributed by atoms with Gasteiger partial charge in [0.15, 0.2) is 5.92 Å². The molecule has 0 aromatic heterocycles. The van der Waals surface area contributed by atoms with Gasteiger partial charge in [-0.3, -0.25) is 14.5 Å². The summed E-state index contributed by atoms with van der Waals surface area (Å²) in [7, 11) is 1.63. The van der Waals surface area contributed by atoms with E-state index in [1.807, 2.05) is 60.7 Å². The standard InChI is InChI=1S/C34H43NO5/c1-33(2,3)39-31(36)29(32(37)40-34(4,5)6)22-30(27-18-20-28(38-7)21-19-27)35(23-25-14-10-8-11-15-25)24-26-16-12-9-13-17-26/h8-21,29-30H,22-24H2,1-7H3/t30-/m1/s1. The lowest BCUT2D eigenvalue weighted by atomic mass is 9.92. The number of ether oxygens (including phenoxy) is 3. The molecule has 6 heteroatoms. The van der Waals surface area contributed by atoms with Crippen LogP contribution in [0.5, 0.6) is 5.75 Å². The molecule has 214 valence electrons. The Hall–Kier alpha value is -3.64. The first kappa shape index (κ1) is 30.9. The molecular weight excluding hydrogens is 502 g/mol. The van der Waals surface area contributed by atoms with Crippen molar-refractivity contribution in [2.75, 3.05) is 7.11 Å². The Bertz CT molecular complexity index is 1140. The van der Waals surface area contributed by atoms with Crippen molar-refractivity contribution < 1.29 is 23.8 Å². The van der Waals surface area contributed by atoms with Crippen molar-refractivity contribution in [3.05, 3.63) is 102 Å². The van der Waals surface area contributed by atoms with Crippen LogP contribution in [0.2, 0.25) is 0 Å². The van der Waals surface area contributed by atoms with E-state index in [2.05, 4.69) is 29.2 Å². The minimum atomic E-state index is -1.11. The van der Waals surface area contributed by atoms with Crippen LogP contribution in [0.3, 0.4) is 0 Å². The molecule has 40 heavy (non-hydrogen) atoms. The fraction of sp³-hybridized carbons (Fsp3) is 0.412. The average molecular weight is 546 g/mol.